The summed E-state index contributed by atoms with van der Waals surface area (Å²) in [6.07, 6.45) is 2.08. The Morgan fingerprint density at radius 1 is 1.23 bits per heavy atom. The van der Waals surface area contributed by atoms with Crippen LogP contribution in [0.15, 0.2) is 24.5 Å². The van der Waals surface area contributed by atoms with Crippen LogP contribution in [0.5, 0.6) is 0 Å². The van der Waals surface area contributed by atoms with E-state index in [1.54, 1.807) is 0 Å². The molecule has 1 fully saturated rings. The van der Waals surface area contributed by atoms with E-state index in [2.05, 4.69) is 5.10 Å². The standard InChI is InChI=1S/C15H14F4N2O/c16-11-5-4-10(15(18)19)14(17)13(11)9-7-20-21(8-9)12-3-1-2-6-22-12/h4-5,7-8,12,15H,1-3,6H2. The number of rotatable bonds is 3. The molecule has 0 bridgehead atoms. The normalized spacial score (nSPS) is 18.9. The Morgan fingerprint density at radius 3 is 2.73 bits per heavy atom. The first-order valence-electron chi connectivity index (χ1n) is 7.00. The van der Waals surface area contributed by atoms with Gasteiger partial charge < -0.3 is 4.74 Å². The quantitative estimate of drug-likeness (QED) is 0.782. The number of benzene rings is 1. The maximum Gasteiger partial charge on any atom is 0.266 e. The maximum absolute atomic E-state index is 14.1. The molecule has 0 spiro atoms. The van der Waals surface area contributed by atoms with Gasteiger partial charge in [0.25, 0.3) is 6.43 Å². The molecule has 0 radical (unpaired) electrons. The molecule has 3 rings (SSSR count). The van der Waals surface area contributed by atoms with Crippen molar-refractivity contribution in [2.75, 3.05) is 6.61 Å². The van der Waals surface area contributed by atoms with E-state index in [-0.39, 0.29) is 11.8 Å². The van der Waals surface area contributed by atoms with Crippen molar-refractivity contribution in [3.8, 4) is 11.1 Å². The van der Waals surface area contributed by atoms with E-state index in [0.29, 0.717) is 6.61 Å². The lowest BCUT2D eigenvalue weighted by Crippen LogP contribution is -2.18. The Bertz CT molecular complexity index is 666. The Balaban J connectivity index is 1.97. The van der Waals surface area contributed by atoms with Crippen molar-refractivity contribution in [3.05, 3.63) is 41.7 Å². The van der Waals surface area contributed by atoms with Crippen LogP contribution in [0.4, 0.5) is 17.6 Å². The van der Waals surface area contributed by atoms with Crippen LogP contribution in [0.1, 0.15) is 37.5 Å². The number of nitrogens with zero attached hydrogens (tertiary/aromatic N) is 2. The fourth-order valence-electron chi connectivity index (χ4n) is 2.56. The monoisotopic (exact) mass is 314 g/mol. The van der Waals surface area contributed by atoms with Gasteiger partial charge in [-0.25, -0.2) is 22.2 Å². The number of ether oxygens (including phenoxy) is 1. The van der Waals surface area contributed by atoms with Crippen molar-refractivity contribution in [1.29, 1.82) is 0 Å². The molecule has 1 aliphatic rings. The lowest BCUT2D eigenvalue weighted by molar-refractivity contribution is -0.0394. The third kappa shape index (κ3) is 2.72. The number of alkyl halides is 2. The first-order chi connectivity index (χ1) is 10.6. The zero-order chi connectivity index (χ0) is 15.7. The molecular formula is C15H14F4N2O. The third-order valence-corrected chi connectivity index (χ3v) is 3.70. The molecule has 0 saturated carbocycles. The van der Waals surface area contributed by atoms with E-state index in [4.69, 9.17) is 4.74 Å². The summed E-state index contributed by atoms with van der Waals surface area (Å²) < 4.78 is 60.5. The summed E-state index contributed by atoms with van der Waals surface area (Å²) in [6.45, 7) is 0.601. The smallest absolute Gasteiger partial charge is 0.266 e. The zero-order valence-corrected chi connectivity index (χ0v) is 11.6. The van der Waals surface area contributed by atoms with E-state index >= 15 is 0 Å². The van der Waals surface area contributed by atoms with Crippen LogP contribution in [0.25, 0.3) is 11.1 Å². The predicted octanol–water partition coefficient (Wildman–Crippen LogP) is 4.47. The molecule has 0 N–H and O–H groups in total. The van der Waals surface area contributed by atoms with Crippen molar-refractivity contribution in [2.45, 2.75) is 31.9 Å². The van der Waals surface area contributed by atoms with Crippen LogP contribution in [0.2, 0.25) is 0 Å². The average Bonchev–Trinajstić information content (AvgIpc) is 2.97. The molecule has 118 valence electrons. The van der Waals surface area contributed by atoms with E-state index in [0.717, 1.165) is 31.4 Å². The minimum atomic E-state index is -3.00. The highest BCUT2D eigenvalue weighted by molar-refractivity contribution is 5.64. The Morgan fingerprint density at radius 2 is 2.05 bits per heavy atom. The highest BCUT2D eigenvalue weighted by Crippen LogP contribution is 2.33. The highest BCUT2D eigenvalue weighted by Gasteiger charge is 2.23. The molecule has 2 aromatic rings. The number of halogens is 4. The second-order valence-electron chi connectivity index (χ2n) is 5.16. The second kappa shape index (κ2) is 6.08. The van der Waals surface area contributed by atoms with E-state index in [1.807, 2.05) is 0 Å². The molecule has 7 heteroatoms. The number of aromatic nitrogens is 2. The first kappa shape index (κ1) is 15.0. The van der Waals surface area contributed by atoms with Crippen LogP contribution in [-0.2, 0) is 4.74 Å². The summed E-state index contributed by atoms with van der Waals surface area (Å²) in [5, 5.41) is 4.04. The predicted molar refractivity (Wildman–Crippen MR) is 71.4 cm³/mol. The molecule has 0 aliphatic carbocycles. The molecule has 2 heterocycles. The summed E-state index contributed by atoms with van der Waals surface area (Å²) in [5.74, 6) is -2.15. The van der Waals surface area contributed by atoms with Gasteiger partial charge in [0.15, 0.2) is 0 Å². The average molecular weight is 314 g/mol. The topological polar surface area (TPSA) is 27.1 Å². The summed E-state index contributed by atoms with van der Waals surface area (Å²) in [5.41, 5.74) is -1.19. The number of hydrogen-bond donors (Lipinski definition) is 0. The van der Waals surface area contributed by atoms with Gasteiger partial charge in [0, 0.05) is 18.4 Å². The van der Waals surface area contributed by atoms with Crippen molar-refractivity contribution < 1.29 is 22.3 Å². The van der Waals surface area contributed by atoms with Gasteiger partial charge in [0.2, 0.25) is 0 Å². The van der Waals surface area contributed by atoms with Crippen LogP contribution in [0, 0.1) is 11.6 Å². The Kier molecular flexibility index (Phi) is 4.15. The zero-order valence-electron chi connectivity index (χ0n) is 11.6. The Labute approximate surface area is 124 Å². The second-order valence-corrected chi connectivity index (χ2v) is 5.16. The molecule has 22 heavy (non-hydrogen) atoms. The summed E-state index contributed by atoms with van der Waals surface area (Å²) in [6, 6.07) is 1.60. The van der Waals surface area contributed by atoms with Crippen molar-refractivity contribution in [1.82, 2.24) is 9.78 Å². The summed E-state index contributed by atoms with van der Waals surface area (Å²) >= 11 is 0. The minimum absolute atomic E-state index is 0.117. The molecule has 1 unspecified atom stereocenters. The van der Waals surface area contributed by atoms with Gasteiger partial charge in [0.05, 0.1) is 17.3 Å². The molecular weight excluding hydrogens is 300 g/mol. The van der Waals surface area contributed by atoms with Crippen LogP contribution >= 0.6 is 0 Å². The van der Waals surface area contributed by atoms with Crippen molar-refractivity contribution in [2.24, 2.45) is 0 Å². The van der Waals surface area contributed by atoms with Crippen molar-refractivity contribution in [3.63, 3.8) is 0 Å². The SMILES string of the molecule is Fc1ccc(C(F)F)c(F)c1-c1cnn(C2CCCCO2)c1. The fraction of sp³-hybridized carbons (Fsp3) is 0.400. The largest absolute Gasteiger partial charge is 0.357 e. The van der Waals surface area contributed by atoms with Gasteiger partial charge in [-0.1, -0.05) is 0 Å². The maximum atomic E-state index is 14.1. The van der Waals surface area contributed by atoms with Crippen LogP contribution in [-0.4, -0.2) is 16.4 Å². The van der Waals surface area contributed by atoms with Gasteiger partial charge in [-0.15, -0.1) is 0 Å². The van der Waals surface area contributed by atoms with E-state index < -0.39 is 29.2 Å². The van der Waals surface area contributed by atoms with Gasteiger partial charge in [-0.3, -0.25) is 0 Å². The lowest BCUT2D eigenvalue weighted by atomic mass is 10.0. The van der Waals surface area contributed by atoms with Gasteiger partial charge in [0.1, 0.15) is 17.9 Å². The first-order valence-corrected chi connectivity index (χ1v) is 7.00. The summed E-state index contributed by atoms with van der Waals surface area (Å²) in [7, 11) is 0. The minimum Gasteiger partial charge on any atom is -0.357 e. The van der Waals surface area contributed by atoms with Gasteiger partial charge in [-0.05, 0) is 31.4 Å². The van der Waals surface area contributed by atoms with E-state index in [9.17, 15) is 17.6 Å². The lowest BCUT2D eigenvalue weighted by Gasteiger charge is -2.22. The van der Waals surface area contributed by atoms with Crippen LogP contribution < -0.4 is 0 Å². The van der Waals surface area contributed by atoms with Gasteiger partial charge >= 0.3 is 0 Å². The number of hydrogen-bond acceptors (Lipinski definition) is 2. The molecule has 3 nitrogen and oxygen atoms in total. The highest BCUT2D eigenvalue weighted by atomic mass is 19.3. The van der Waals surface area contributed by atoms with E-state index in [1.165, 1.54) is 17.1 Å². The molecule has 1 aliphatic heterocycles. The molecule has 1 aromatic heterocycles. The fourth-order valence-corrected chi connectivity index (χ4v) is 2.56. The molecule has 1 saturated heterocycles. The molecule has 1 aromatic carbocycles. The van der Waals surface area contributed by atoms with Crippen LogP contribution in [0.3, 0.4) is 0 Å². The molecule has 0 amide bonds. The third-order valence-electron chi connectivity index (χ3n) is 3.70. The van der Waals surface area contributed by atoms with Gasteiger partial charge in [-0.2, -0.15) is 5.10 Å². The van der Waals surface area contributed by atoms with Crippen molar-refractivity contribution >= 4 is 0 Å². The summed E-state index contributed by atoms with van der Waals surface area (Å²) in [4.78, 5) is 0. The molecule has 1 atom stereocenters. The Hall–Kier alpha value is -1.89.